The van der Waals surface area contributed by atoms with Crippen LogP contribution in [0.1, 0.15) is 42.9 Å². The van der Waals surface area contributed by atoms with Crippen LogP contribution in [0.2, 0.25) is 0 Å². The van der Waals surface area contributed by atoms with E-state index in [-0.39, 0.29) is 6.04 Å². The summed E-state index contributed by atoms with van der Waals surface area (Å²) in [6, 6.07) is 4.35. The van der Waals surface area contributed by atoms with Gasteiger partial charge < -0.3 is 10.4 Å². The fourth-order valence-electron chi connectivity index (χ4n) is 2.67. The topological polar surface area (TPSA) is 32.3 Å². The second-order valence-corrected chi connectivity index (χ2v) is 6.65. The average Bonchev–Trinajstić information content (AvgIpc) is 2.76. The maximum Gasteiger partial charge on any atom is 0.111 e. The third-order valence-electron chi connectivity index (χ3n) is 4.01. The summed E-state index contributed by atoms with van der Waals surface area (Å²) in [5, 5.41) is 14.3. The summed E-state index contributed by atoms with van der Waals surface area (Å²) in [6.07, 6.45) is 3.55. The van der Waals surface area contributed by atoms with Crippen LogP contribution < -0.4 is 5.32 Å². The molecule has 0 spiro atoms. The summed E-state index contributed by atoms with van der Waals surface area (Å²) in [6.45, 7) is 7.32. The van der Waals surface area contributed by atoms with Crippen molar-refractivity contribution in [2.75, 3.05) is 6.54 Å². The molecule has 0 amide bonds. The van der Waals surface area contributed by atoms with E-state index in [1.807, 2.05) is 6.92 Å². The van der Waals surface area contributed by atoms with Crippen LogP contribution in [-0.2, 0) is 5.60 Å². The fourth-order valence-corrected chi connectivity index (χ4v) is 3.64. The Hall–Kier alpha value is -0.380. The number of piperidine rings is 1. The Morgan fingerprint density at radius 2 is 2.29 bits per heavy atom. The van der Waals surface area contributed by atoms with Gasteiger partial charge in [0.15, 0.2) is 0 Å². The lowest BCUT2D eigenvalue weighted by Crippen LogP contribution is -2.50. The van der Waals surface area contributed by atoms with Gasteiger partial charge in [0.1, 0.15) is 5.60 Å². The molecule has 1 saturated heterocycles. The van der Waals surface area contributed by atoms with Gasteiger partial charge in [0.25, 0.3) is 0 Å². The van der Waals surface area contributed by atoms with E-state index in [2.05, 4.69) is 31.3 Å². The summed E-state index contributed by atoms with van der Waals surface area (Å²) in [7, 11) is 0. The number of nitrogens with one attached hydrogen (secondary N) is 1. The van der Waals surface area contributed by atoms with Gasteiger partial charge in [0.2, 0.25) is 0 Å². The van der Waals surface area contributed by atoms with Crippen LogP contribution in [0.25, 0.3) is 0 Å². The number of aryl methyl sites for hydroxylation is 1. The number of thiophene rings is 1. The molecule has 0 aromatic carbocycles. The summed E-state index contributed by atoms with van der Waals surface area (Å²) < 4.78 is 0. The molecule has 3 unspecified atom stereocenters. The highest BCUT2D eigenvalue weighted by Crippen LogP contribution is 2.35. The lowest BCUT2D eigenvalue weighted by molar-refractivity contribution is 0.0000795. The predicted octanol–water partition coefficient (Wildman–Crippen LogP) is 3.04. The summed E-state index contributed by atoms with van der Waals surface area (Å²) >= 11 is 1.71. The van der Waals surface area contributed by atoms with Crippen LogP contribution in [0.3, 0.4) is 0 Å². The van der Waals surface area contributed by atoms with Gasteiger partial charge in [-0.3, -0.25) is 0 Å². The van der Waals surface area contributed by atoms with Crippen molar-refractivity contribution in [3.8, 4) is 0 Å². The number of hydrogen-bond donors (Lipinski definition) is 2. The molecule has 2 nitrogen and oxygen atoms in total. The van der Waals surface area contributed by atoms with Gasteiger partial charge in [-0.1, -0.05) is 13.3 Å². The van der Waals surface area contributed by atoms with Crippen molar-refractivity contribution in [3.05, 3.63) is 21.9 Å². The standard InChI is InChI=1S/C14H23NOS/c1-4-11-7-8-15-12(9-11)14(3,16)13-6-5-10(2)17-13/h5-6,11-12,15-16H,4,7-9H2,1-3H3. The van der Waals surface area contributed by atoms with Crippen molar-refractivity contribution >= 4 is 11.3 Å². The van der Waals surface area contributed by atoms with E-state index in [1.165, 1.54) is 17.7 Å². The molecule has 0 bridgehead atoms. The average molecular weight is 253 g/mol. The van der Waals surface area contributed by atoms with Crippen LogP contribution in [0, 0.1) is 12.8 Å². The van der Waals surface area contributed by atoms with Gasteiger partial charge in [-0.05, 0) is 51.3 Å². The van der Waals surface area contributed by atoms with Crippen LogP contribution >= 0.6 is 11.3 Å². The van der Waals surface area contributed by atoms with Crippen molar-refractivity contribution in [2.45, 2.75) is 51.7 Å². The van der Waals surface area contributed by atoms with Crippen LogP contribution in [-0.4, -0.2) is 17.7 Å². The Morgan fingerprint density at radius 1 is 1.53 bits per heavy atom. The minimum atomic E-state index is -0.729. The fraction of sp³-hybridized carbons (Fsp3) is 0.714. The van der Waals surface area contributed by atoms with Gasteiger partial charge in [-0.25, -0.2) is 0 Å². The SMILES string of the molecule is CCC1CCNC(C(C)(O)c2ccc(C)s2)C1. The van der Waals surface area contributed by atoms with E-state index in [0.717, 1.165) is 23.8 Å². The first-order valence-corrected chi connectivity index (χ1v) is 7.38. The number of aliphatic hydroxyl groups is 1. The Morgan fingerprint density at radius 3 is 2.88 bits per heavy atom. The Kier molecular flexibility index (Phi) is 3.91. The molecule has 0 radical (unpaired) electrons. The highest BCUT2D eigenvalue weighted by Gasteiger charge is 2.37. The highest BCUT2D eigenvalue weighted by atomic mass is 32.1. The van der Waals surface area contributed by atoms with Gasteiger partial charge in [0.05, 0.1) is 0 Å². The van der Waals surface area contributed by atoms with E-state index < -0.39 is 5.60 Å². The molecule has 1 fully saturated rings. The molecule has 1 aromatic rings. The zero-order valence-electron chi connectivity index (χ0n) is 11.0. The van der Waals surface area contributed by atoms with Crippen molar-refractivity contribution in [1.29, 1.82) is 0 Å². The first-order valence-electron chi connectivity index (χ1n) is 6.56. The van der Waals surface area contributed by atoms with E-state index in [0.29, 0.717) is 0 Å². The van der Waals surface area contributed by atoms with Crippen molar-refractivity contribution in [1.82, 2.24) is 5.32 Å². The lowest BCUT2D eigenvalue weighted by Gasteiger charge is -2.39. The second kappa shape index (κ2) is 5.09. The second-order valence-electron chi connectivity index (χ2n) is 5.36. The molecule has 2 N–H and O–H groups in total. The van der Waals surface area contributed by atoms with Crippen molar-refractivity contribution in [2.24, 2.45) is 5.92 Å². The summed E-state index contributed by atoms with van der Waals surface area (Å²) in [5.74, 6) is 0.758. The lowest BCUT2D eigenvalue weighted by atomic mass is 9.82. The quantitative estimate of drug-likeness (QED) is 0.868. The zero-order valence-corrected chi connectivity index (χ0v) is 11.8. The van der Waals surface area contributed by atoms with E-state index >= 15 is 0 Å². The molecule has 3 atom stereocenters. The molecular weight excluding hydrogens is 230 g/mol. The molecule has 96 valence electrons. The minimum Gasteiger partial charge on any atom is -0.383 e. The number of rotatable bonds is 3. The summed E-state index contributed by atoms with van der Waals surface area (Å²) in [4.78, 5) is 2.35. The molecule has 0 saturated carbocycles. The maximum atomic E-state index is 10.8. The smallest absolute Gasteiger partial charge is 0.111 e. The van der Waals surface area contributed by atoms with Gasteiger partial charge in [-0.15, -0.1) is 11.3 Å². The molecule has 0 aliphatic carbocycles. The highest BCUT2D eigenvalue weighted by molar-refractivity contribution is 7.12. The molecule has 1 aliphatic rings. The Bertz CT molecular complexity index is 372. The van der Waals surface area contributed by atoms with Gasteiger partial charge >= 0.3 is 0 Å². The van der Waals surface area contributed by atoms with E-state index in [9.17, 15) is 5.11 Å². The van der Waals surface area contributed by atoms with Crippen LogP contribution in [0.5, 0.6) is 0 Å². The maximum absolute atomic E-state index is 10.8. The largest absolute Gasteiger partial charge is 0.383 e. The molecule has 1 aromatic heterocycles. The van der Waals surface area contributed by atoms with Crippen LogP contribution in [0.4, 0.5) is 0 Å². The predicted molar refractivity (Wildman–Crippen MR) is 73.4 cm³/mol. The van der Waals surface area contributed by atoms with Crippen LogP contribution in [0.15, 0.2) is 12.1 Å². The molecule has 1 aliphatic heterocycles. The first kappa shape index (κ1) is 13.1. The minimum absolute atomic E-state index is 0.194. The number of hydrogen-bond acceptors (Lipinski definition) is 3. The Labute approximate surface area is 108 Å². The molecule has 17 heavy (non-hydrogen) atoms. The molecule has 2 heterocycles. The van der Waals surface area contributed by atoms with E-state index in [1.54, 1.807) is 11.3 Å². The van der Waals surface area contributed by atoms with Gasteiger partial charge in [0, 0.05) is 15.8 Å². The normalized spacial score (nSPS) is 28.9. The van der Waals surface area contributed by atoms with Crippen molar-refractivity contribution in [3.63, 3.8) is 0 Å². The third kappa shape index (κ3) is 2.72. The molecular formula is C14H23NOS. The molecule has 3 heteroatoms. The zero-order chi connectivity index (χ0) is 12.5. The van der Waals surface area contributed by atoms with E-state index in [4.69, 9.17) is 0 Å². The van der Waals surface area contributed by atoms with Crippen molar-refractivity contribution < 1.29 is 5.11 Å². The summed E-state index contributed by atoms with van der Waals surface area (Å²) in [5.41, 5.74) is -0.729. The first-order chi connectivity index (χ1) is 8.04. The Balaban J connectivity index is 2.14. The third-order valence-corrected chi connectivity index (χ3v) is 5.23. The van der Waals surface area contributed by atoms with Gasteiger partial charge in [-0.2, -0.15) is 0 Å². The monoisotopic (exact) mass is 253 g/mol. The molecule has 2 rings (SSSR count).